The summed E-state index contributed by atoms with van der Waals surface area (Å²) >= 11 is 0. The number of piperazine rings is 1. The highest BCUT2D eigenvalue weighted by Gasteiger charge is 2.29. The van der Waals surface area contributed by atoms with Gasteiger partial charge in [0.1, 0.15) is 0 Å². The smallest absolute Gasteiger partial charge is 0.223 e. The van der Waals surface area contributed by atoms with E-state index in [1.54, 1.807) is 0 Å². The Labute approximate surface area is 186 Å². The minimum atomic E-state index is 0. The van der Waals surface area contributed by atoms with Gasteiger partial charge in [-0.05, 0) is 50.8 Å². The average molecular weight is 499 g/mol. The molecule has 1 saturated heterocycles. The van der Waals surface area contributed by atoms with Gasteiger partial charge in [0.15, 0.2) is 5.96 Å². The van der Waals surface area contributed by atoms with Gasteiger partial charge in [0.05, 0.1) is 6.54 Å². The molecule has 156 valence electrons. The Morgan fingerprint density at radius 1 is 1.14 bits per heavy atom. The number of aliphatic imine (C=N–C) groups is 1. The van der Waals surface area contributed by atoms with Crippen LogP contribution in [0.3, 0.4) is 0 Å². The van der Waals surface area contributed by atoms with Crippen LogP contribution < -0.4 is 15.5 Å². The van der Waals surface area contributed by atoms with Crippen LogP contribution in [0.2, 0.25) is 0 Å². The van der Waals surface area contributed by atoms with Gasteiger partial charge in [0, 0.05) is 50.9 Å². The molecular formula is C21H34IN5O. The first-order valence-electron chi connectivity index (χ1n) is 10.2. The number of rotatable bonds is 6. The maximum Gasteiger partial charge on any atom is 0.223 e. The Hall–Kier alpha value is -1.51. The van der Waals surface area contributed by atoms with Gasteiger partial charge in [-0.1, -0.05) is 12.1 Å². The molecule has 2 N–H and O–H groups in total. The van der Waals surface area contributed by atoms with Gasteiger partial charge >= 0.3 is 0 Å². The zero-order valence-electron chi connectivity index (χ0n) is 17.3. The molecular weight excluding hydrogens is 465 g/mol. The molecule has 0 radical (unpaired) electrons. The third-order valence-electron chi connectivity index (χ3n) is 5.45. The van der Waals surface area contributed by atoms with Gasteiger partial charge in [-0.3, -0.25) is 9.79 Å². The summed E-state index contributed by atoms with van der Waals surface area (Å²) in [7, 11) is 0. The van der Waals surface area contributed by atoms with Crippen molar-refractivity contribution in [1.82, 2.24) is 15.5 Å². The maximum atomic E-state index is 11.7. The average Bonchev–Trinajstić information content (AvgIpc) is 3.52. The van der Waals surface area contributed by atoms with E-state index < -0.39 is 0 Å². The second-order valence-electron chi connectivity index (χ2n) is 7.49. The highest BCUT2D eigenvalue weighted by molar-refractivity contribution is 14.0. The first-order chi connectivity index (χ1) is 13.1. The van der Waals surface area contributed by atoms with Crippen LogP contribution in [-0.2, 0) is 4.79 Å². The van der Waals surface area contributed by atoms with E-state index in [1.807, 2.05) is 0 Å². The topological polar surface area (TPSA) is 60.0 Å². The number of halogens is 1. The molecule has 1 aliphatic carbocycles. The lowest BCUT2D eigenvalue weighted by molar-refractivity contribution is -0.122. The lowest BCUT2D eigenvalue weighted by Crippen LogP contribution is -2.52. The lowest BCUT2D eigenvalue weighted by atomic mass is 10.1. The molecule has 1 heterocycles. The van der Waals surface area contributed by atoms with Gasteiger partial charge in [0.2, 0.25) is 5.91 Å². The summed E-state index contributed by atoms with van der Waals surface area (Å²) in [6.45, 7) is 12.5. The molecule has 1 saturated carbocycles. The van der Waals surface area contributed by atoms with Crippen LogP contribution >= 0.6 is 24.0 Å². The molecule has 2 fully saturated rings. The molecule has 1 aromatic rings. The number of carbonyl (C=O) groups excluding carboxylic acids is 1. The minimum Gasteiger partial charge on any atom is -0.368 e. The summed E-state index contributed by atoms with van der Waals surface area (Å²) in [4.78, 5) is 21.2. The molecule has 1 amide bonds. The predicted molar refractivity (Wildman–Crippen MR) is 127 cm³/mol. The lowest BCUT2D eigenvalue weighted by Gasteiger charge is -2.38. The van der Waals surface area contributed by atoms with E-state index in [1.165, 1.54) is 16.8 Å². The molecule has 2 aliphatic rings. The van der Waals surface area contributed by atoms with Gasteiger partial charge in [0.25, 0.3) is 0 Å². The summed E-state index contributed by atoms with van der Waals surface area (Å²) in [6, 6.07) is 6.54. The fraction of sp³-hybridized carbons (Fsp3) is 0.619. The monoisotopic (exact) mass is 499 g/mol. The molecule has 0 spiro atoms. The predicted octanol–water partition coefficient (Wildman–Crippen LogP) is 2.54. The van der Waals surface area contributed by atoms with Crippen molar-refractivity contribution in [3.63, 3.8) is 0 Å². The van der Waals surface area contributed by atoms with Gasteiger partial charge in [-0.25, -0.2) is 0 Å². The van der Waals surface area contributed by atoms with Crippen molar-refractivity contribution >= 4 is 41.5 Å². The van der Waals surface area contributed by atoms with E-state index >= 15 is 0 Å². The van der Waals surface area contributed by atoms with E-state index in [4.69, 9.17) is 4.99 Å². The Kier molecular flexibility index (Phi) is 8.85. The SMILES string of the molecule is CCNC(=NCCNC(=O)C1CC1)N1CCN(c2cccc(C)c2C)CC1.I. The number of guanidine groups is 1. The molecule has 0 bridgehead atoms. The normalized spacial score (nSPS) is 17.2. The zero-order chi connectivity index (χ0) is 19.2. The number of anilines is 1. The number of aryl methyl sites for hydroxylation is 1. The number of nitrogens with zero attached hydrogens (tertiary/aromatic N) is 3. The summed E-state index contributed by atoms with van der Waals surface area (Å²) in [6.07, 6.45) is 2.09. The largest absolute Gasteiger partial charge is 0.368 e. The molecule has 0 atom stereocenters. The fourth-order valence-corrected chi connectivity index (χ4v) is 3.49. The molecule has 0 aromatic heterocycles. The number of hydrogen-bond donors (Lipinski definition) is 2. The second-order valence-corrected chi connectivity index (χ2v) is 7.49. The molecule has 1 aromatic carbocycles. The summed E-state index contributed by atoms with van der Waals surface area (Å²) in [5, 5.41) is 6.38. The van der Waals surface area contributed by atoms with E-state index in [0.29, 0.717) is 13.1 Å². The van der Waals surface area contributed by atoms with Crippen molar-refractivity contribution in [3.05, 3.63) is 29.3 Å². The first-order valence-corrected chi connectivity index (χ1v) is 10.2. The van der Waals surface area contributed by atoms with Crippen LogP contribution in [0.1, 0.15) is 30.9 Å². The van der Waals surface area contributed by atoms with Crippen molar-refractivity contribution in [2.24, 2.45) is 10.9 Å². The van der Waals surface area contributed by atoms with E-state index in [-0.39, 0.29) is 35.8 Å². The molecule has 0 unspecified atom stereocenters. The summed E-state index contributed by atoms with van der Waals surface area (Å²) < 4.78 is 0. The van der Waals surface area contributed by atoms with Gasteiger partial charge in [-0.2, -0.15) is 0 Å². The molecule has 6 nitrogen and oxygen atoms in total. The Bertz CT molecular complexity index is 681. The number of benzene rings is 1. The first kappa shape index (κ1) is 22.8. The van der Waals surface area contributed by atoms with E-state index in [2.05, 4.69) is 59.4 Å². The van der Waals surface area contributed by atoms with Crippen molar-refractivity contribution in [2.45, 2.75) is 33.6 Å². The van der Waals surface area contributed by atoms with Crippen molar-refractivity contribution < 1.29 is 4.79 Å². The highest BCUT2D eigenvalue weighted by atomic mass is 127. The Balaban J connectivity index is 0.00000280. The maximum absolute atomic E-state index is 11.7. The van der Waals surface area contributed by atoms with Crippen LogP contribution in [0.4, 0.5) is 5.69 Å². The van der Waals surface area contributed by atoms with Crippen LogP contribution in [0.15, 0.2) is 23.2 Å². The van der Waals surface area contributed by atoms with E-state index in [0.717, 1.165) is 51.5 Å². The highest BCUT2D eigenvalue weighted by Crippen LogP contribution is 2.28. The quantitative estimate of drug-likeness (QED) is 0.274. The Morgan fingerprint density at radius 2 is 1.86 bits per heavy atom. The third-order valence-corrected chi connectivity index (χ3v) is 5.45. The number of nitrogens with one attached hydrogen (secondary N) is 2. The summed E-state index contributed by atoms with van der Waals surface area (Å²) in [5.41, 5.74) is 4.07. The second kappa shape index (κ2) is 10.9. The van der Waals surface area contributed by atoms with Crippen molar-refractivity contribution in [3.8, 4) is 0 Å². The van der Waals surface area contributed by atoms with Crippen molar-refractivity contribution in [2.75, 3.05) is 50.7 Å². The number of amides is 1. The van der Waals surface area contributed by atoms with Gasteiger partial charge in [-0.15, -0.1) is 24.0 Å². The van der Waals surface area contributed by atoms with Crippen LogP contribution in [-0.4, -0.2) is 62.6 Å². The van der Waals surface area contributed by atoms with Crippen molar-refractivity contribution in [1.29, 1.82) is 0 Å². The minimum absolute atomic E-state index is 0. The van der Waals surface area contributed by atoms with E-state index in [9.17, 15) is 4.79 Å². The van der Waals surface area contributed by atoms with Crippen LogP contribution in [0.25, 0.3) is 0 Å². The molecule has 28 heavy (non-hydrogen) atoms. The molecule has 7 heteroatoms. The van der Waals surface area contributed by atoms with Gasteiger partial charge < -0.3 is 20.4 Å². The summed E-state index contributed by atoms with van der Waals surface area (Å²) in [5.74, 6) is 1.41. The number of hydrogen-bond acceptors (Lipinski definition) is 3. The zero-order valence-corrected chi connectivity index (χ0v) is 19.7. The van der Waals surface area contributed by atoms with Crippen LogP contribution in [0.5, 0.6) is 0 Å². The standard InChI is InChI=1S/C21H33N5O.HI/c1-4-22-21(24-11-10-23-20(27)18-8-9-18)26-14-12-25(13-15-26)19-7-5-6-16(2)17(19)3;/h5-7,18H,4,8-15H2,1-3H3,(H,22,24)(H,23,27);1H. The molecule has 1 aliphatic heterocycles. The Morgan fingerprint density at radius 3 is 2.50 bits per heavy atom. The third kappa shape index (κ3) is 5.99. The molecule has 3 rings (SSSR count). The van der Waals surface area contributed by atoms with Crippen LogP contribution in [0, 0.1) is 19.8 Å². The number of carbonyl (C=O) groups is 1. The fourth-order valence-electron chi connectivity index (χ4n) is 3.49.